The minimum Gasteiger partial charge on any atom is -0.494 e. The second kappa shape index (κ2) is 8.50. The van der Waals surface area contributed by atoms with Gasteiger partial charge in [-0.3, -0.25) is 9.59 Å². The highest BCUT2D eigenvalue weighted by molar-refractivity contribution is 6.01. The van der Waals surface area contributed by atoms with Crippen molar-refractivity contribution >= 4 is 11.8 Å². The predicted molar refractivity (Wildman–Crippen MR) is 123 cm³/mol. The zero-order chi connectivity index (χ0) is 22.1. The third-order valence-electron chi connectivity index (χ3n) is 6.44. The Labute approximate surface area is 188 Å². The van der Waals surface area contributed by atoms with Crippen LogP contribution in [0.25, 0.3) is 0 Å². The van der Waals surface area contributed by atoms with Crippen LogP contribution in [-0.4, -0.2) is 29.9 Å². The number of carbonyl (C=O) groups excluding carboxylic acids is 2. The van der Waals surface area contributed by atoms with Gasteiger partial charge in [0.25, 0.3) is 5.91 Å². The Bertz CT molecular complexity index is 1170. The van der Waals surface area contributed by atoms with Crippen molar-refractivity contribution in [3.05, 3.63) is 101 Å². The third kappa shape index (κ3) is 3.44. The van der Waals surface area contributed by atoms with E-state index in [4.69, 9.17) is 4.74 Å². The smallest absolute Gasteiger partial charge is 0.254 e. The molecule has 162 valence electrons. The van der Waals surface area contributed by atoms with E-state index in [0.717, 1.165) is 28.9 Å². The summed E-state index contributed by atoms with van der Waals surface area (Å²) >= 11 is 0. The number of fused-ring (bicyclic) bond motifs is 4. The zero-order valence-corrected chi connectivity index (χ0v) is 18.1. The summed E-state index contributed by atoms with van der Waals surface area (Å²) in [5, 5.41) is 3.13. The maximum Gasteiger partial charge on any atom is 0.254 e. The molecule has 0 aromatic heterocycles. The van der Waals surface area contributed by atoms with E-state index >= 15 is 0 Å². The highest BCUT2D eigenvalue weighted by Crippen LogP contribution is 2.45. The fraction of sp³-hybridized carbons (Fsp3) is 0.259. The van der Waals surface area contributed by atoms with Gasteiger partial charge in [0.2, 0.25) is 5.91 Å². The number of hydrogen-bond donors (Lipinski definition) is 1. The van der Waals surface area contributed by atoms with Crippen molar-refractivity contribution in [1.82, 2.24) is 10.2 Å². The van der Waals surface area contributed by atoms with Gasteiger partial charge in [-0.2, -0.15) is 0 Å². The second-order valence-corrected chi connectivity index (χ2v) is 8.22. The number of para-hydroxylation sites is 1. The minimum atomic E-state index is -0.468. The Morgan fingerprint density at radius 2 is 1.72 bits per heavy atom. The van der Waals surface area contributed by atoms with Crippen LogP contribution in [0.3, 0.4) is 0 Å². The Morgan fingerprint density at radius 1 is 1.00 bits per heavy atom. The van der Waals surface area contributed by atoms with E-state index in [-0.39, 0.29) is 17.9 Å². The average molecular weight is 427 g/mol. The number of nitrogens with zero attached hydrogens (tertiary/aromatic N) is 1. The van der Waals surface area contributed by atoms with Crippen molar-refractivity contribution in [2.24, 2.45) is 0 Å². The molecule has 0 radical (unpaired) electrons. The molecule has 2 amide bonds. The van der Waals surface area contributed by atoms with Crippen molar-refractivity contribution in [2.75, 3.05) is 13.2 Å². The molecular weight excluding hydrogens is 400 g/mol. The zero-order valence-electron chi connectivity index (χ0n) is 18.1. The lowest BCUT2D eigenvalue weighted by Gasteiger charge is -2.45. The summed E-state index contributed by atoms with van der Waals surface area (Å²) < 4.78 is 5.71. The predicted octanol–water partition coefficient (Wildman–Crippen LogP) is 4.24. The fourth-order valence-electron chi connectivity index (χ4n) is 5.00. The summed E-state index contributed by atoms with van der Waals surface area (Å²) in [7, 11) is 0. The van der Waals surface area contributed by atoms with E-state index in [1.54, 1.807) is 0 Å². The van der Waals surface area contributed by atoms with Crippen LogP contribution in [0.15, 0.2) is 72.8 Å². The summed E-state index contributed by atoms with van der Waals surface area (Å²) in [4.78, 5) is 28.9. The van der Waals surface area contributed by atoms with Gasteiger partial charge in [0, 0.05) is 24.2 Å². The lowest BCUT2D eigenvalue weighted by Crippen LogP contribution is -2.50. The summed E-state index contributed by atoms with van der Waals surface area (Å²) in [5.74, 6) is 0.234. The maximum absolute atomic E-state index is 13.7. The van der Waals surface area contributed by atoms with Gasteiger partial charge in [-0.15, -0.1) is 0 Å². The number of ether oxygens (including phenoxy) is 1. The topological polar surface area (TPSA) is 58.6 Å². The van der Waals surface area contributed by atoms with Crippen molar-refractivity contribution in [2.45, 2.75) is 31.8 Å². The molecule has 0 aliphatic carbocycles. The largest absolute Gasteiger partial charge is 0.494 e. The first-order valence-corrected chi connectivity index (χ1v) is 11.1. The van der Waals surface area contributed by atoms with Gasteiger partial charge in [0.15, 0.2) is 0 Å². The number of amides is 2. The molecule has 1 N–H and O–H groups in total. The normalized spacial score (nSPS) is 18.9. The van der Waals surface area contributed by atoms with Gasteiger partial charge in [0.05, 0.1) is 18.6 Å². The average Bonchev–Trinajstić information content (AvgIpc) is 2.84. The van der Waals surface area contributed by atoms with E-state index in [1.807, 2.05) is 72.5 Å². The van der Waals surface area contributed by atoms with E-state index in [2.05, 4.69) is 17.4 Å². The molecule has 0 saturated heterocycles. The van der Waals surface area contributed by atoms with Gasteiger partial charge in [-0.1, -0.05) is 60.7 Å². The first-order chi connectivity index (χ1) is 15.7. The van der Waals surface area contributed by atoms with E-state index in [0.29, 0.717) is 25.3 Å². The molecule has 2 aliphatic rings. The quantitative estimate of drug-likeness (QED) is 0.664. The Hall–Kier alpha value is -3.60. The molecule has 2 atom stereocenters. The highest BCUT2D eigenvalue weighted by atomic mass is 16.5. The van der Waals surface area contributed by atoms with Gasteiger partial charge in [-0.05, 0) is 42.2 Å². The van der Waals surface area contributed by atoms with Crippen molar-refractivity contribution in [3.8, 4) is 5.75 Å². The first-order valence-electron chi connectivity index (χ1n) is 11.1. The summed E-state index contributed by atoms with van der Waals surface area (Å²) in [6.45, 7) is 3.50. The van der Waals surface area contributed by atoms with Crippen LogP contribution in [0.2, 0.25) is 0 Å². The van der Waals surface area contributed by atoms with Crippen LogP contribution < -0.4 is 10.1 Å². The molecule has 3 aromatic carbocycles. The van der Waals surface area contributed by atoms with Crippen LogP contribution >= 0.6 is 0 Å². The molecule has 0 spiro atoms. The van der Waals surface area contributed by atoms with Crippen LogP contribution in [0.5, 0.6) is 5.75 Å². The van der Waals surface area contributed by atoms with Gasteiger partial charge < -0.3 is 15.0 Å². The molecule has 0 saturated carbocycles. The number of benzene rings is 3. The van der Waals surface area contributed by atoms with Crippen molar-refractivity contribution in [3.63, 3.8) is 0 Å². The van der Waals surface area contributed by atoms with Gasteiger partial charge in [-0.25, -0.2) is 0 Å². The standard InChI is InChI=1S/C27H26N2O3/c1-2-32-23-14-8-4-10-19(23)17-28-26(30)24-21-12-6-7-13-22(21)27(31)29-16-15-18-9-3-5-11-20(18)25(24)29/h3-14,24-25H,2,15-17H2,1H3,(H,28,30)/t24-,25+/m0/s1. The van der Waals surface area contributed by atoms with Crippen LogP contribution in [0.4, 0.5) is 0 Å². The minimum absolute atomic E-state index is 0.00541. The number of rotatable bonds is 5. The summed E-state index contributed by atoms with van der Waals surface area (Å²) in [5.41, 5.74) is 4.63. The molecule has 32 heavy (non-hydrogen) atoms. The van der Waals surface area contributed by atoms with E-state index in [9.17, 15) is 9.59 Å². The summed E-state index contributed by atoms with van der Waals surface area (Å²) in [6.07, 6.45) is 0.802. The molecule has 5 rings (SSSR count). The lowest BCUT2D eigenvalue weighted by atomic mass is 9.76. The van der Waals surface area contributed by atoms with Gasteiger partial charge in [0.1, 0.15) is 5.75 Å². The van der Waals surface area contributed by atoms with Crippen molar-refractivity contribution < 1.29 is 14.3 Å². The molecule has 0 fully saturated rings. The Morgan fingerprint density at radius 3 is 2.56 bits per heavy atom. The monoisotopic (exact) mass is 426 g/mol. The Balaban J connectivity index is 1.51. The second-order valence-electron chi connectivity index (χ2n) is 8.22. The molecule has 0 bridgehead atoms. The molecule has 5 nitrogen and oxygen atoms in total. The van der Waals surface area contributed by atoms with Crippen molar-refractivity contribution in [1.29, 1.82) is 0 Å². The van der Waals surface area contributed by atoms with Crippen LogP contribution in [0.1, 0.15) is 51.5 Å². The summed E-state index contributed by atoms with van der Waals surface area (Å²) in [6, 6.07) is 23.1. The fourth-order valence-corrected chi connectivity index (χ4v) is 5.00. The third-order valence-corrected chi connectivity index (χ3v) is 6.44. The molecular formula is C27H26N2O3. The number of hydrogen-bond acceptors (Lipinski definition) is 3. The van der Waals surface area contributed by atoms with E-state index in [1.165, 1.54) is 5.56 Å². The van der Waals surface area contributed by atoms with Crippen LogP contribution in [-0.2, 0) is 17.8 Å². The van der Waals surface area contributed by atoms with E-state index < -0.39 is 5.92 Å². The first kappa shape index (κ1) is 20.3. The lowest BCUT2D eigenvalue weighted by molar-refractivity contribution is -0.124. The molecule has 2 heterocycles. The number of nitrogens with one attached hydrogen (secondary N) is 1. The highest BCUT2D eigenvalue weighted by Gasteiger charge is 2.46. The van der Waals surface area contributed by atoms with Gasteiger partial charge >= 0.3 is 0 Å². The molecule has 0 unspecified atom stereocenters. The molecule has 2 aliphatic heterocycles. The molecule has 5 heteroatoms. The SMILES string of the molecule is CCOc1ccccc1CNC(=O)[C@H]1c2ccccc2C(=O)N2CCc3ccccc3[C@H]12. The Kier molecular flexibility index (Phi) is 5.39. The number of carbonyl (C=O) groups is 2. The maximum atomic E-state index is 13.7. The van der Waals surface area contributed by atoms with Crippen LogP contribution in [0, 0.1) is 0 Å². The molecule has 3 aromatic rings.